The van der Waals surface area contributed by atoms with Gasteiger partial charge in [-0.2, -0.15) is 4.98 Å². The molecule has 0 saturated heterocycles. The summed E-state index contributed by atoms with van der Waals surface area (Å²) in [5.74, 6) is 0.257. The number of benzene rings is 2. The number of anilines is 2. The van der Waals surface area contributed by atoms with Crippen molar-refractivity contribution in [3.8, 4) is 11.3 Å². The lowest BCUT2D eigenvalue weighted by atomic mass is 10.1. The third-order valence-electron chi connectivity index (χ3n) is 3.66. The zero-order valence-electron chi connectivity index (χ0n) is 14.2. The molecule has 2 aromatic carbocycles. The van der Waals surface area contributed by atoms with Gasteiger partial charge in [-0.25, -0.2) is 4.98 Å². The molecule has 3 aromatic rings. The maximum absolute atomic E-state index is 10.7. The van der Waals surface area contributed by atoms with Crippen LogP contribution < -0.4 is 11.5 Å². The van der Waals surface area contributed by atoms with Gasteiger partial charge in [-0.15, -0.1) is 0 Å². The molecule has 0 bridgehead atoms. The van der Waals surface area contributed by atoms with E-state index in [9.17, 15) is 10.1 Å². The van der Waals surface area contributed by atoms with Crippen LogP contribution >= 0.6 is 0 Å². The number of nitro benzene ring substituents is 1. The van der Waals surface area contributed by atoms with Gasteiger partial charge in [0.1, 0.15) is 11.4 Å². The number of nitrogens with zero attached hydrogens (tertiary/aromatic N) is 4. The largest absolute Gasteiger partial charge is 0.382 e. The summed E-state index contributed by atoms with van der Waals surface area (Å²) in [4.78, 5) is 22.8. The van der Waals surface area contributed by atoms with Crippen LogP contribution in [0.1, 0.15) is 5.56 Å². The van der Waals surface area contributed by atoms with Crippen molar-refractivity contribution in [2.24, 2.45) is 4.99 Å². The molecule has 0 radical (unpaired) electrons. The molecule has 0 atom stereocenters. The predicted molar refractivity (Wildman–Crippen MR) is 107 cm³/mol. The summed E-state index contributed by atoms with van der Waals surface area (Å²) in [6, 6.07) is 15.6. The smallest absolute Gasteiger partial charge is 0.269 e. The van der Waals surface area contributed by atoms with E-state index in [1.165, 1.54) is 12.1 Å². The number of hydrogen-bond acceptors (Lipinski definition) is 7. The van der Waals surface area contributed by atoms with E-state index in [1.54, 1.807) is 30.5 Å². The van der Waals surface area contributed by atoms with E-state index >= 15 is 0 Å². The number of aliphatic imine (C=N–C) groups is 1. The van der Waals surface area contributed by atoms with Crippen LogP contribution in [0.5, 0.6) is 0 Å². The highest BCUT2D eigenvalue weighted by molar-refractivity contribution is 5.87. The van der Waals surface area contributed by atoms with Crippen LogP contribution in [0, 0.1) is 10.1 Å². The Morgan fingerprint density at radius 2 is 1.70 bits per heavy atom. The standard InChI is InChI=1S/C19H16N6O2/c20-18-17(16(23-19(21)24-18)14-6-2-1-3-7-14)22-12-4-5-13-8-10-15(11-9-13)25(26)27/h1-12H,(H4,20,21,23,24)/b5-4+,22-12?. The van der Waals surface area contributed by atoms with Crippen LogP contribution in [0.3, 0.4) is 0 Å². The molecule has 4 N–H and O–H groups in total. The molecule has 8 heteroatoms. The number of nitro groups is 1. The molecule has 1 aromatic heterocycles. The van der Waals surface area contributed by atoms with Crippen LogP contribution in [0.2, 0.25) is 0 Å². The highest BCUT2D eigenvalue weighted by atomic mass is 16.6. The summed E-state index contributed by atoms with van der Waals surface area (Å²) in [7, 11) is 0. The lowest BCUT2D eigenvalue weighted by molar-refractivity contribution is -0.384. The Hall–Kier alpha value is -4.07. The van der Waals surface area contributed by atoms with Crippen molar-refractivity contribution in [1.82, 2.24) is 9.97 Å². The van der Waals surface area contributed by atoms with Gasteiger partial charge >= 0.3 is 0 Å². The van der Waals surface area contributed by atoms with Crippen molar-refractivity contribution in [3.63, 3.8) is 0 Å². The number of allylic oxidation sites excluding steroid dienone is 1. The second-order valence-electron chi connectivity index (χ2n) is 5.52. The normalized spacial score (nSPS) is 11.3. The van der Waals surface area contributed by atoms with Gasteiger partial charge < -0.3 is 11.5 Å². The average molecular weight is 360 g/mol. The molecule has 0 aliphatic heterocycles. The number of hydrogen-bond donors (Lipinski definition) is 2. The Kier molecular flexibility index (Phi) is 5.17. The topological polar surface area (TPSA) is 133 Å². The van der Waals surface area contributed by atoms with E-state index in [2.05, 4.69) is 15.0 Å². The number of non-ortho nitro benzene ring substituents is 1. The molecule has 0 spiro atoms. The van der Waals surface area contributed by atoms with E-state index in [0.717, 1.165) is 11.1 Å². The summed E-state index contributed by atoms with van der Waals surface area (Å²) in [6.07, 6.45) is 5.02. The molecule has 8 nitrogen and oxygen atoms in total. The van der Waals surface area contributed by atoms with Gasteiger partial charge in [0.2, 0.25) is 5.95 Å². The molecule has 0 fully saturated rings. The van der Waals surface area contributed by atoms with E-state index < -0.39 is 4.92 Å². The van der Waals surface area contributed by atoms with Gasteiger partial charge in [-0.1, -0.05) is 36.4 Å². The minimum atomic E-state index is -0.441. The molecule has 1 heterocycles. The summed E-state index contributed by atoms with van der Waals surface area (Å²) in [5.41, 5.74) is 14.3. The van der Waals surface area contributed by atoms with Gasteiger partial charge in [0.15, 0.2) is 5.82 Å². The molecule has 3 rings (SSSR count). The molecule has 0 aliphatic rings. The molecular weight excluding hydrogens is 344 g/mol. The molecule has 134 valence electrons. The monoisotopic (exact) mass is 360 g/mol. The fourth-order valence-electron chi connectivity index (χ4n) is 2.39. The van der Waals surface area contributed by atoms with E-state index in [0.29, 0.717) is 11.4 Å². The molecule has 0 saturated carbocycles. The maximum atomic E-state index is 10.7. The number of rotatable bonds is 5. The Morgan fingerprint density at radius 1 is 1.00 bits per heavy atom. The second-order valence-corrected chi connectivity index (χ2v) is 5.52. The van der Waals surface area contributed by atoms with Gasteiger partial charge in [0.05, 0.1) is 4.92 Å². The summed E-state index contributed by atoms with van der Waals surface area (Å²) >= 11 is 0. The second kappa shape index (κ2) is 7.87. The zero-order chi connectivity index (χ0) is 19.2. The minimum Gasteiger partial charge on any atom is -0.382 e. The lowest BCUT2D eigenvalue weighted by Gasteiger charge is -2.07. The fraction of sp³-hybridized carbons (Fsp3) is 0. The van der Waals surface area contributed by atoms with E-state index in [1.807, 2.05) is 30.3 Å². The first-order valence-electron chi connectivity index (χ1n) is 7.98. The molecular formula is C19H16N6O2. The van der Waals surface area contributed by atoms with Crippen molar-refractivity contribution in [2.75, 3.05) is 11.5 Å². The van der Waals surface area contributed by atoms with Crippen molar-refractivity contribution in [3.05, 3.63) is 76.4 Å². The number of aromatic nitrogens is 2. The summed E-state index contributed by atoms with van der Waals surface area (Å²) in [5, 5.41) is 10.7. The minimum absolute atomic E-state index is 0.0418. The van der Waals surface area contributed by atoms with Crippen molar-refractivity contribution in [1.29, 1.82) is 0 Å². The summed E-state index contributed by atoms with van der Waals surface area (Å²) in [6.45, 7) is 0. The van der Waals surface area contributed by atoms with Crippen LogP contribution in [-0.2, 0) is 0 Å². The quantitative estimate of drug-likeness (QED) is 0.405. The molecule has 27 heavy (non-hydrogen) atoms. The van der Waals surface area contributed by atoms with Gasteiger partial charge in [-0.3, -0.25) is 15.1 Å². The third-order valence-corrected chi connectivity index (χ3v) is 3.66. The Balaban J connectivity index is 1.85. The van der Waals surface area contributed by atoms with Crippen LogP contribution in [0.4, 0.5) is 23.1 Å². The van der Waals surface area contributed by atoms with E-state index in [-0.39, 0.29) is 17.5 Å². The van der Waals surface area contributed by atoms with Gasteiger partial charge in [0.25, 0.3) is 5.69 Å². The Labute approximate surface area is 155 Å². The van der Waals surface area contributed by atoms with E-state index in [4.69, 9.17) is 11.5 Å². The fourth-order valence-corrected chi connectivity index (χ4v) is 2.39. The molecule has 0 unspecified atom stereocenters. The number of nitrogens with two attached hydrogens (primary N) is 2. The van der Waals surface area contributed by atoms with Crippen LogP contribution in [0.25, 0.3) is 17.3 Å². The highest BCUT2D eigenvalue weighted by Crippen LogP contribution is 2.32. The van der Waals surface area contributed by atoms with Crippen molar-refractivity contribution >= 4 is 35.4 Å². The highest BCUT2D eigenvalue weighted by Gasteiger charge is 2.12. The first-order chi connectivity index (χ1) is 13.0. The van der Waals surface area contributed by atoms with Crippen LogP contribution in [0.15, 0.2) is 65.7 Å². The van der Waals surface area contributed by atoms with Crippen LogP contribution in [-0.4, -0.2) is 21.1 Å². The molecule has 0 aliphatic carbocycles. The summed E-state index contributed by atoms with van der Waals surface area (Å²) < 4.78 is 0. The first kappa shape index (κ1) is 17.7. The van der Waals surface area contributed by atoms with Gasteiger partial charge in [0, 0.05) is 23.9 Å². The Bertz CT molecular complexity index is 1010. The maximum Gasteiger partial charge on any atom is 0.269 e. The third kappa shape index (κ3) is 4.31. The average Bonchev–Trinajstić information content (AvgIpc) is 2.67. The Morgan fingerprint density at radius 3 is 2.37 bits per heavy atom. The molecule has 0 amide bonds. The SMILES string of the molecule is Nc1nc(N)c(N=C/C=C/c2ccc([N+](=O)[O-])cc2)c(-c2ccccc2)n1. The number of nitrogen functional groups attached to an aromatic ring is 2. The first-order valence-corrected chi connectivity index (χ1v) is 7.98. The van der Waals surface area contributed by atoms with Crippen molar-refractivity contribution < 1.29 is 4.92 Å². The predicted octanol–water partition coefficient (Wildman–Crippen LogP) is 3.63. The van der Waals surface area contributed by atoms with Gasteiger partial charge in [-0.05, 0) is 23.8 Å². The van der Waals surface area contributed by atoms with Crippen molar-refractivity contribution in [2.45, 2.75) is 0 Å². The zero-order valence-corrected chi connectivity index (χ0v) is 14.2. The lowest BCUT2D eigenvalue weighted by Crippen LogP contribution is -2.02.